The fourth-order valence-corrected chi connectivity index (χ4v) is 6.49. The number of halogens is 1. The Kier molecular flexibility index (Phi) is 5.35. The minimum Gasteiger partial charge on any atom is -0.294 e. The summed E-state index contributed by atoms with van der Waals surface area (Å²) in [6.07, 6.45) is 1.93. The summed E-state index contributed by atoms with van der Waals surface area (Å²) in [6.45, 7) is 3.53. The van der Waals surface area contributed by atoms with E-state index in [2.05, 4.69) is 6.92 Å². The maximum Gasteiger partial charge on any atom is 0.308 e. The number of thiazole rings is 1. The molecule has 0 radical (unpaired) electrons. The Morgan fingerprint density at radius 1 is 1.21 bits per heavy atom. The summed E-state index contributed by atoms with van der Waals surface area (Å²) in [7, 11) is -3.55. The van der Waals surface area contributed by atoms with Crippen molar-refractivity contribution in [2.24, 2.45) is 5.92 Å². The molecule has 0 spiro atoms. The summed E-state index contributed by atoms with van der Waals surface area (Å²) >= 11 is 7.29. The van der Waals surface area contributed by atoms with Gasteiger partial charge in [-0.3, -0.25) is 9.36 Å². The lowest BCUT2D eigenvalue weighted by molar-refractivity contribution is 0.281. The minimum absolute atomic E-state index is 0.129. The number of fused-ring (bicyclic) bond motifs is 1. The van der Waals surface area contributed by atoms with Crippen LogP contribution in [0, 0.1) is 5.92 Å². The molecule has 0 N–H and O–H groups in total. The van der Waals surface area contributed by atoms with Gasteiger partial charge in [0, 0.05) is 18.1 Å². The molecule has 2 aromatic carbocycles. The maximum atomic E-state index is 13.0. The molecule has 3 aromatic rings. The number of nitrogens with zero attached hydrogens (tertiary/aromatic N) is 2. The standard InChI is InChI=1S/C20H21ClN2O3S2/c1-14-5-4-10-22(12-14)28(25,26)16-8-9-18-19(11-16)27-20(24)23(18)13-15-6-2-3-7-17(15)21/h2-3,6-9,11,14H,4-5,10,12-13H2,1H3. The SMILES string of the molecule is CC1CCCN(S(=O)(=O)c2ccc3c(c2)sc(=O)n3Cc2ccccc2Cl)C1. The molecule has 4 rings (SSSR count). The summed E-state index contributed by atoms with van der Waals surface area (Å²) in [5.74, 6) is 0.361. The van der Waals surface area contributed by atoms with Crippen LogP contribution in [0.3, 0.4) is 0 Å². The van der Waals surface area contributed by atoms with E-state index in [0.29, 0.717) is 35.3 Å². The van der Waals surface area contributed by atoms with Crippen molar-refractivity contribution in [3.05, 3.63) is 62.7 Å². The van der Waals surface area contributed by atoms with Crippen molar-refractivity contribution in [1.82, 2.24) is 8.87 Å². The van der Waals surface area contributed by atoms with Gasteiger partial charge in [0.15, 0.2) is 0 Å². The minimum atomic E-state index is -3.55. The van der Waals surface area contributed by atoms with Crippen molar-refractivity contribution in [2.45, 2.75) is 31.2 Å². The van der Waals surface area contributed by atoms with Gasteiger partial charge in [-0.2, -0.15) is 4.31 Å². The predicted octanol–water partition coefficient (Wildman–Crippen LogP) is 4.19. The molecule has 1 saturated heterocycles. The summed E-state index contributed by atoms with van der Waals surface area (Å²) in [6, 6.07) is 12.4. The highest BCUT2D eigenvalue weighted by Crippen LogP contribution is 2.28. The average molecular weight is 437 g/mol. The lowest BCUT2D eigenvalue weighted by Gasteiger charge is -2.30. The molecule has 1 atom stereocenters. The lowest BCUT2D eigenvalue weighted by atomic mass is 10.0. The van der Waals surface area contributed by atoms with Crippen molar-refractivity contribution in [2.75, 3.05) is 13.1 Å². The number of aromatic nitrogens is 1. The molecule has 148 valence electrons. The maximum absolute atomic E-state index is 13.0. The monoisotopic (exact) mass is 436 g/mol. The van der Waals surface area contributed by atoms with Crippen LogP contribution in [0.5, 0.6) is 0 Å². The quantitative estimate of drug-likeness (QED) is 0.616. The second kappa shape index (κ2) is 7.63. The van der Waals surface area contributed by atoms with E-state index in [9.17, 15) is 13.2 Å². The number of hydrogen-bond donors (Lipinski definition) is 0. The normalized spacial score (nSPS) is 18.6. The summed E-state index contributed by atoms with van der Waals surface area (Å²) in [5.41, 5.74) is 1.57. The Balaban J connectivity index is 1.71. The molecule has 0 saturated carbocycles. The Hall–Kier alpha value is -1.67. The van der Waals surface area contributed by atoms with Crippen LogP contribution in [0.4, 0.5) is 0 Å². The van der Waals surface area contributed by atoms with Gasteiger partial charge < -0.3 is 0 Å². The van der Waals surface area contributed by atoms with Gasteiger partial charge in [-0.1, -0.05) is 48.1 Å². The Labute approximate surface area is 173 Å². The second-order valence-electron chi connectivity index (χ2n) is 7.29. The smallest absolute Gasteiger partial charge is 0.294 e. The van der Waals surface area contributed by atoms with Crippen LogP contribution in [0.25, 0.3) is 10.2 Å². The van der Waals surface area contributed by atoms with Gasteiger partial charge in [0.1, 0.15) is 0 Å². The zero-order valence-electron chi connectivity index (χ0n) is 15.5. The van der Waals surface area contributed by atoms with E-state index in [-0.39, 0.29) is 9.77 Å². The molecule has 1 fully saturated rings. The van der Waals surface area contributed by atoms with Crippen molar-refractivity contribution in [3.63, 3.8) is 0 Å². The summed E-state index contributed by atoms with van der Waals surface area (Å²) in [5, 5.41) is 0.604. The molecule has 8 heteroatoms. The van der Waals surface area contributed by atoms with E-state index in [4.69, 9.17) is 11.6 Å². The van der Waals surface area contributed by atoms with E-state index >= 15 is 0 Å². The number of piperidine rings is 1. The first-order chi connectivity index (χ1) is 13.4. The van der Waals surface area contributed by atoms with Gasteiger partial charge in [-0.25, -0.2) is 8.42 Å². The van der Waals surface area contributed by atoms with Crippen LogP contribution in [0.15, 0.2) is 52.2 Å². The first-order valence-corrected chi connectivity index (χ1v) is 11.9. The van der Waals surface area contributed by atoms with E-state index in [1.165, 1.54) is 0 Å². The van der Waals surface area contributed by atoms with Gasteiger partial charge >= 0.3 is 4.87 Å². The van der Waals surface area contributed by atoms with E-state index in [0.717, 1.165) is 35.3 Å². The average Bonchev–Trinajstić information content (AvgIpc) is 2.98. The molecule has 0 bridgehead atoms. The number of benzene rings is 2. The van der Waals surface area contributed by atoms with Crippen LogP contribution in [0.2, 0.25) is 5.02 Å². The van der Waals surface area contributed by atoms with Crippen molar-refractivity contribution in [1.29, 1.82) is 0 Å². The van der Waals surface area contributed by atoms with Crippen molar-refractivity contribution >= 4 is 43.2 Å². The highest BCUT2D eigenvalue weighted by atomic mass is 35.5. The molecule has 1 aromatic heterocycles. The highest BCUT2D eigenvalue weighted by molar-refractivity contribution is 7.89. The third-order valence-electron chi connectivity index (χ3n) is 5.18. The first kappa shape index (κ1) is 19.6. The van der Waals surface area contributed by atoms with Gasteiger partial charge in [-0.05, 0) is 48.6 Å². The van der Waals surface area contributed by atoms with Crippen LogP contribution in [-0.2, 0) is 16.6 Å². The number of rotatable bonds is 4. The molecule has 5 nitrogen and oxygen atoms in total. The van der Waals surface area contributed by atoms with E-state index in [1.807, 2.05) is 18.2 Å². The van der Waals surface area contributed by atoms with E-state index in [1.54, 1.807) is 33.1 Å². The Morgan fingerprint density at radius 3 is 2.75 bits per heavy atom. The summed E-state index contributed by atoms with van der Waals surface area (Å²) < 4.78 is 29.9. The molecule has 2 heterocycles. The van der Waals surface area contributed by atoms with Gasteiger partial charge in [0.2, 0.25) is 10.0 Å². The molecule has 1 unspecified atom stereocenters. The molecule has 1 aliphatic heterocycles. The zero-order valence-corrected chi connectivity index (χ0v) is 17.9. The number of sulfonamides is 1. The molecule has 1 aliphatic rings. The fraction of sp³-hybridized carbons (Fsp3) is 0.350. The number of hydrogen-bond acceptors (Lipinski definition) is 4. The fourth-order valence-electron chi connectivity index (χ4n) is 3.67. The zero-order chi connectivity index (χ0) is 19.9. The van der Waals surface area contributed by atoms with Gasteiger partial charge in [-0.15, -0.1) is 0 Å². The van der Waals surface area contributed by atoms with Crippen LogP contribution < -0.4 is 4.87 Å². The molecule has 0 aliphatic carbocycles. The van der Waals surface area contributed by atoms with Gasteiger partial charge in [0.05, 0.1) is 21.7 Å². The highest BCUT2D eigenvalue weighted by Gasteiger charge is 2.29. The van der Waals surface area contributed by atoms with Crippen LogP contribution >= 0.6 is 22.9 Å². The van der Waals surface area contributed by atoms with Crippen molar-refractivity contribution < 1.29 is 8.42 Å². The predicted molar refractivity (Wildman–Crippen MR) is 114 cm³/mol. The van der Waals surface area contributed by atoms with E-state index < -0.39 is 10.0 Å². The van der Waals surface area contributed by atoms with Crippen molar-refractivity contribution in [3.8, 4) is 0 Å². The molecule has 0 amide bonds. The largest absolute Gasteiger partial charge is 0.308 e. The third-order valence-corrected chi connectivity index (χ3v) is 8.36. The topological polar surface area (TPSA) is 59.4 Å². The van der Waals surface area contributed by atoms with Crippen LogP contribution in [0.1, 0.15) is 25.3 Å². The second-order valence-corrected chi connectivity index (χ2v) is 10.6. The van der Waals surface area contributed by atoms with Crippen LogP contribution in [-0.4, -0.2) is 30.4 Å². The Morgan fingerprint density at radius 2 is 2.00 bits per heavy atom. The molecular formula is C20H21ClN2O3S2. The van der Waals surface area contributed by atoms with Gasteiger partial charge in [0.25, 0.3) is 0 Å². The Bertz CT molecular complexity index is 1180. The third kappa shape index (κ3) is 3.64. The molecular weight excluding hydrogens is 416 g/mol. The summed E-state index contributed by atoms with van der Waals surface area (Å²) in [4.78, 5) is 12.7. The molecule has 28 heavy (non-hydrogen) atoms. The lowest BCUT2D eigenvalue weighted by Crippen LogP contribution is -2.39. The first-order valence-electron chi connectivity index (χ1n) is 9.23.